The molecule has 1 N–H and O–H groups in total. The van der Waals surface area contributed by atoms with Crippen LogP contribution >= 0.6 is 0 Å². The Bertz CT molecular complexity index is 516. The van der Waals surface area contributed by atoms with Crippen LogP contribution in [0.15, 0.2) is 35.4 Å². The number of carbonyl (C=O) groups is 1. The zero-order valence-corrected chi connectivity index (χ0v) is 10.9. The summed E-state index contributed by atoms with van der Waals surface area (Å²) in [6.07, 6.45) is -2.99. The zero-order chi connectivity index (χ0) is 14.5. The molecule has 1 fully saturated rings. The lowest BCUT2D eigenvalue weighted by Gasteiger charge is -2.21. The Morgan fingerprint density at radius 1 is 1.50 bits per heavy atom. The number of aliphatic hydroxyl groups is 1. The van der Waals surface area contributed by atoms with E-state index in [0.29, 0.717) is 0 Å². The molecule has 1 aliphatic heterocycles. The van der Waals surface area contributed by atoms with Gasteiger partial charge in [0.2, 0.25) is 0 Å². The maximum absolute atomic E-state index is 11.4. The third kappa shape index (κ3) is 3.08. The van der Waals surface area contributed by atoms with Gasteiger partial charge in [-0.05, 0) is 11.1 Å². The molecule has 0 aromatic heterocycles. The van der Waals surface area contributed by atoms with Crippen LogP contribution in [-0.2, 0) is 20.9 Å². The molecule has 7 nitrogen and oxygen atoms in total. The van der Waals surface area contributed by atoms with Gasteiger partial charge in [-0.1, -0.05) is 42.4 Å². The number of azide groups is 1. The van der Waals surface area contributed by atoms with Gasteiger partial charge in [0.1, 0.15) is 12.2 Å². The Labute approximate surface area is 115 Å². The Kier molecular flexibility index (Phi) is 4.57. The van der Waals surface area contributed by atoms with Crippen molar-refractivity contribution in [3.63, 3.8) is 0 Å². The third-order valence-corrected chi connectivity index (χ3v) is 3.12. The third-order valence-electron chi connectivity index (χ3n) is 3.12. The number of ether oxygens (including phenoxy) is 2. The summed E-state index contributed by atoms with van der Waals surface area (Å²) in [7, 11) is 0. The molecule has 20 heavy (non-hydrogen) atoms. The highest BCUT2D eigenvalue weighted by molar-refractivity contribution is 5.78. The molecule has 1 aromatic rings. The van der Waals surface area contributed by atoms with Crippen molar-refractivity contribution in [1.82, 2.24) is 0 Å². The molecule has 0 unspecified atom stereocenters. The van der Waals surface area contributed by atoms with E-state index in [-0.39, 0.29) is 6.61 Å². The second-order valence-electron chi connectivity index (χ2n) is 4.55. The molecule has 1 aliphatic rings. The first kappa shape index (κ1) is 14.3. The van der Waals surface area contributed by atoms with Crippen molar-refractivity contribution in [3.05, 3.63) is 46.3 Å². The fourth-order valence-corrected chi connectivity index (χ4v) is 2.06. The van der Waals surface area contributed by atoms with Gasteiger partial charge in [-0.15, -0.1) is 0 Å². The standard InChI is InChI=1S/C13H15N3O4/c1-8(15-16-14)11-12(10(17)13(18)20-11)19-7-9-5-3-2-4-6-9/h2-6,8,10-12,17H,7H2,1H3/t8-,10-,11+,12-/m0/s1. The average molecular weight is 277 g/mol. The molecule has 0 aliphatic carbocycles. The molecule has 1 heterocycles. The van der Waals surface area contributed by atoms with Gasteiger partial charge < -0.3 is 14.6 Å². The van der Waals surface area contributed by atoms with Crippen molar-refractivity contribution in [2.75, 3.05) is 0 Å². The lowest BCUT2D eigenvalue weighted by molar-refractivity contribution is -0.147. The second kappa shape index (κ2) is 6.38. The van der Waals surface area contributed by atoms with Crippen LogP contribution in [0.3, 0.4) is 0 Å². The molecule has 0 amide bonds. The Morgan fingerprint density at radius 2 is 2.20 bits per heavy atom. The van der Waals surface area contributed by atoms with Crippen LogP contribution < -0.4 is 0 Å². The largest absolute Gasteiger partial charge is 0.457 e. The summed E-state index contributed by atoms with van der Waals surface area (Å²) < 4.78 is 10.6. The van der Waals surface area contributed by atoms with Gasteiger partial charge in [0.25, 0.3) is 0 Å². The Balaban J connectivity index is 2.06. The zero-order valence-electron chi connectivity index (χ0n) is 10.9. The molecule has 4 atom stereocenters. The molecular formula is C13H15N3O4. The molecule has 1 aromatic carbocycles. The SMILES string of the molecule is C[C@H](N=[N+]=[N-])[C@H]1OC(=O)[C@@H](O)[C@@H]1OCc1ccccc1. The van der Waals surface area contributed by atoms with Gasteiger partial charge in [-0.3, -0.25) is 0 Å². The minimum absolute atomic E-state index is 0.235. The van der Waals surface area contributed by atoms with E-state index in [1.54, 1.807) is 6.92 Å². The number of cyclic esters (lactones) is 1. The molecule has 106 valence electrons. The quantitative estimate of drug-likeness (QED) is 0.381. The van der Waals surface area contributed by atoms with Crippen LogP contribution in [0.1, 0.15) is 12.5 Å². The van der Waals surface area contributed by atoms with Crippen molar-refractivity contribution in [3.8, 4) is 0 Å². The molecule has 0 bridgehead atoms. The summed E-state index contributed by atoms with van der Waals surface area (Å²) in [6.45, 7) is 1.84. The van der Waals surface area contributed by atoms with E-state index in [0.717, 1.165) is 5.56 Å². The van der Waals surface area contributed by atoms with Crippen molar-refractivity contribution in [2.24, 2.45) is 5.11 Å². The van der Waals surface area contributed by atoms with E-state index in [2.05, 4.69) is 10.0 Å². The molecule has 0 radical (unpaired) electrons. The van der Waals surface area contributed by atoms with E-state index in [1.807, 2.05) is 30.3 Å². The van der Waals surface area contributed by atoms with Crippen LogP contribution in [0.25, 0.3) is 10.4 Å². The fourth-order valence-electron chi connectivity index (χ4n) is 2.06. The molecule has 2 rings (SSSR count). The lowest BCUT2D eigenvalue weighted by atomic mass is 10.1. The predicted octanol–water partition coefficient (Wildman–Crippen LogP) is 1.56. The van der Waals surface area contributed by atoms with E-state index < -0.39 is 30.3 Å². The van der Waals surface area contributed by atoms with Gasteiger partial charge in [-0.2, -0.15) is 0 Å². The fraction of sp³-hybridized carbons (Fsp3) is 0.462. The number of hydrogen-bond acceptors (Lipinski definition) is 5. The van der Waals surface area contributed by atoms with Crippen LogP contribution in [0.2, 0.25) is 0 Å². The highest BCUT2D eigenvalue weighted by Gasteiger charge is 2.46. The normalized spacial score (nSPS) is 26.7. The maximum Gasteiger partial charge on any atom is 0.338 e. The molecule has 7 heteroatoms. The maximum atomic E-state index is 11.4. The van der Waals surface area contributed by atoms with Crippen molar-refractivity contribution >= 4 is 5.97 Å². The summed E-state index contributed by atoms with van der Waals surface area (Å²) in [5.41, 5.74) is 9.35. The van der Waals surface area contributed by atoms with Crippen LogP contribution in [-0.4, -0.2) is 35.4 Å². The van der Waals surface area contributed by atoms with E-state index >= 15 is 0 Å². The van der Waals surface area contributed by atoms with E-state index in [4.69, 9.17) is 15.0 Å². The van der Waals surface area contributed by atoms with E-state index in [9.17, 15) is 9.90 Å². The van der Waals surface area contributed by atoms with Crippen LogP contribution in [0, 0.1) is 0 Å². The van der Waals surface area contributed by atoms with Gasteiger partial charge >= 0.3 is 5.97 Å². The lowest BCUT2D eigenvalue weighted by Crippen LogP contribution is -2.38. The van der Waals surface area contributed by atoms with Crippen molar-refractivity contribution < 1.29 is 19.4 Å². The first-order valence-corrected chi connectivity index (χ1v) is 6.21. The van der Waals surface area contributed by atoms with Crippen LogP contribution in [0.5, 0.6) is 0 Å². The minimum atomic E-state index is -1.36. The summed E-state index contributed by atoms with van der Waals surface area (Å²) in [5.74, 6) is -0.756. The Morgan fingerprint density at radius 3 is 2.85 bits per heavy atom. The van der Waals surface area contributed by atoms with Crippen LogP contribution in [0.4, 0.5) is 0 Å². The summed E-state index contributed by atoms with van der Waals surface area (Å²) >= 11 is 0. The minimum Gasteiger partial charge on any atom is -0.457 e. The smallest absolute Gasteiger partial charge is 0.338 e. The first-order valence-electron chi connectivity index (χ1n) is 6.21. The number of rotatable bonds is 5. The first-order chi connectivity index (χ1) is 9.63. The van der Waals surface area contributed by atoms with Gasteiger partial charge in [0.15, 0.2) is 6.10 Å². The summed E-state index contributed by atoms with van der Waals surface area (Å²) in [4.78, 5) is 14.1. The van der Waals surface area contributed by atoms with Gasteiger partial charge in [0.05, 0.1) is 12.6 Å². The summed E-state index contributed by atoms with van der Waals surface area (Å²) in [5, 5.41) is 13.3. The number of nitrogens with zero attached hydrogens (tertiary/aromatic N) is 3. The summed E-state index contributed by atoms with van der Waals surface area (Å²) in [6, 6.07) is 8.75. The average Bonchev–Trinajstić information content (AvgIpc) is 2.74. The van der Waals surface area contributed by atoms with Gasteiger partial charge in [-0.25, -0.2) is 4.79 Å². The number of hydrogen-bond donors (Lipinski definition) is 1. The number of benzene rings is 1. The monoisotopic (exact) mass is 277 g/mol. The predicted molar refractivity (Wildman–Crippen MR) is 69.5 cm³/mol. The topological polar surface area (TPSA) is 105 Å². The number of carbonyl (C=O) groups excluding carboxylic acids is 1. The molecule has 0 spiro atoms. The number of aliphatic hydroxyl groups excluding tert-OH is 1. The Hall–Kier alpha value is -2.08. The molecule has 1 saturated heterocycles. The van der Waals surface area contributed by atoms with Crippen molar-refractivity contribution in [2.45, 2.75) is 37.9 Å². The molecule has 0 saturated carbocycles. The highest BCUT2D eigenvalue weighted by Crippen LogP contribution is 2.24. The van der Waals surface area contributed by atoms with Crippen molar-refractivity contribution in [1.29, 1.82) is 0 Å². The van der Waals surface area contributed by atoms with E-state index in [1.165, 1.54) is 0 Å². The van der Waals surface area contributed by atoms with Gasteiger partial charge in [0, 0.05) is 4.91 Å². The highest BCUT2D eigenvalue weighted by atomic mass is 16.6. The number of esters is 1. The molecular weight excluding hydrogens is 262 g/mol. The second-order valence-corrected chi connectivity index (χ2v) is 4.55.